The minimum Gasteiger partial charge on any atom is -0.474 e. The van der Waals surface area contributed by atoms with Crippen LogP contribution in [0.25, 0.3) is 0 Å². The van der Waals surface area contributed by atoms with Crippen LogP contribution in [0.4, 0.5) is 5.69 Å². The molecular weight excluding hydrogens is 234 g/mol. The van der Waals surface area contributed by atoms with Gasteiger partial charge in [0.15, 0.2) is 5.78 Å². The summed E-state index contributed by atoms with van der Waals surface area (Å²) < 4.78 is 0.416. The fourth-order valence-electron chi connectivity index (χ4n) is 1.14. The van der Waals surface area contributed by atoms with Gasteiger partial charge in [0, 0.05) is 17.3 Å². The van der Waals surface area contributed by atoms with Gasteiger partial charge >= 0.3 is 11.9 Å². The highest BCUT2D eigenvalue weighted by molar-refractivity contribution is 6.51. The molecule has 0 aromatic heterocycles. The first kappa shape index (κ1) is 12.2. The van der Waals surface area contributed by atoms with E-state index in [-0.39, 0.29) is 17.0 Å². The van der Waals surface area contributed by atoms with Crippen molar-refractivity contribution in [2.45, 2.75) is 6.92 Å². The highest BCUT2D eigenvalue weighted by atomic mass is 35.5. The Morgan fingerprint density at radius 1 is 1.25 bits per heavy atom. The quantitative estimate of drug-likeness (QED) is 0.483. The van der Waals surface area contributed by atoms with E-state index < -0.39 is 11.9 Å². The lowest BCUT2D eigenvalue weighted by Gasteiger charge is -2.13. The Balaban J connectivity index is 3.18. The lowest BCUT2D eigenvalue weighted by molar-refractivity contribution is -0.148. The van der Waals surface area contributed by atoms with E-state index in [2.05, 4.69) is 0 Å². The highest BCUT2D eigenvalue weighted by Gasteiger charge is 2.23. The third-order valence-electron chi connectivity index (χ3n) is 1.86. The van der Waals surface area contributed by atoms with Gasteiger partial charge in [0.2, 0.25) is 0 Å². The van der Waals surface area contributed by atoms with E-state index in [1.807, 2.05) is 0 Å². The Bertz CT molecular complexity index is 458. The smallest absolute Gasteiger partial charge is 0.396 e. The summed E-state index contributed by atoms with van der Waals surface area (Å²) in [6.07, 6.45) is 0. The standard InChI is InChI=1S/C10H8ClNO4/c1-6(13)7-4-2-3-5-8(7)12(11)9(14)10(15)16/h2-5H,1H3,(H,15,16). The average molecular weight is 242 g/mol. The third-order valence-corrected chi connectivity index (χ3v) is 2.19. The van der Waals surface area contributed by atoms with Crippen molar-refractivity contribution in [3.8, 4) is 0 Å². The van der Waals surface area contributed by atoms with E-state index in [0.717, 1.165) is 0 Å². The molecule has 1 aromatic carbocycles. The molecule has 0 bridgehead atoms. The molecule has 0 fully saturated rings. The van der Waals surface area contributed by atoms with Gasteiger partial charge in [0.25, 0.3) is 0 Å². The second-order valence-corrected chi connectivity index (χ2v) is 3.30. The SMILES string of the molecule is CC(=O)c1ccccc1N(Cl)C(=O)C(=O)O. The van der Waals surface area contributed by atoms with Crippen molar-refractivity contribution in [2.75, 3.05) is 4.42 Å². The van der Waals surface area contributed by atoms with Crippen LogP contribution in [0.2, 0.25) is 0 Å². The average Bonchev–Trinajstić information content (AvgIpc) is 2.26. The van der Waals surface area contributed by atoms with Gasteiger partial charge < -0.3 is 5.11 Å². The van der Waals surface area contributed by atoms with E-state index in [1.165, 1.54) is 19.1 Å². The molecule has 1 amide bonds. The number of rotatable bonds is 2. The number of carboxylic acid groups (broad SMARTS) is 1. The molecule has 0 unspecified atom stereocenters. The van der Waals surface area contributed by atoms with Crippen molar-refractivity contribution in [1.29, 1.82) is 0 Å². The second-order valence-electron chi connectivity index (χ2n) is 2.96. The molecule has 0 saturated heterocycles. The number of carboxylic acids is 1. The molecular formula is C10H8ClNO4. The lowest BCUT2D eigenvalue weighted by Crippen LogP contribution is -2.29. The number of benzene rings is 1. The van der Waals surface area contributed by atoms with E-state index in [9.17, 15) is 14.4 Å². The van der Waals surface area contributed by atoms with Crippen LogP contribution in [0.1, 0.15) is 17.3 Å². The molecule has 0 aliphatic carbocycles. The van der Waals surface area contributed by atoms with Gasteiger partial charge in [-0.1, -0.05) is 12.1 Å². The molecule has 0 atom stereocenters. The number of amides is 1. The molecule has 1 rings (SSSR count). The Hall–Kier alpha value is -1.88. The van der Waals surface area contributed by atoms with Crippen LogP contribution in [-0.4, -0.2) is 22.8 Å². The van der Waals surface area contributed by atoms with Crippen molar-refractivity contribution >= 4 is 35.1 Å². The molecule has 0 aliphatic heterocycles. The van der Waals surface area contributed by atoms with Crippen LogP contribution < -0.4 is 4.42 Å². The number of para-hydroxylation sites is 1. The first-order chi connectivity index (χ1) is 7.45. The Kier molecular flexibility index (Phi) is 3.63. The summed E-state index contributed by atoms with van der Waals surface area (Å²) in [5, 5.41) is 8.48. The van der Waals surface area contributed by atoms with Crippen LogP contribution in [-0.2, 0) is 9.59 Å². The number of halogens is 1. The Morgan fingerprint density at radius 2 is 1.81 bits per heavy atom. The molecule has 0 saturated carbocycles. The molecule has 16 heavy (non-hydrogen) atoms. The maximum atomic E-state index is 11.2. The van der Waals surface area contributed by atoms with Gasteiger partial charge in [-0.05, 0) is 19.1 Å². The van der Waals surface area contributed by atoms with Gasteiger partial charge in [-0.15, -0.1) is 0 Å². The number of aliphatic carboxylic acids is 1. The van der Waals surface area contributed by atoms with Gasteiger partial charge in [0.05, 0.1) is 5.69 Å². The lowest BCUT2D eigenvalue weighted by atomic mass is 10.1. The molecule has 0 aliphatic rings. The largest absolute Gasteiger partial charge is 0.474 e. The minimum atomic E-state index is -1.69. The fraction of sp³-hybridized carbons (Fsp3) is 0.100. The van der Waals surface area contributed by atoms with Crippen molar-refractivity contribution in [2.24, 2.45) is 0 Å². The molecule has 0 heterocycles. The Labute approximate surface area is 96.3 Å². The van der Waals surface area contributed by atoms with Crippen molar-refractivity contribution in [3.05, 3.63) is 29.8 Å². The maximum absolute atomic E-state index is 11.2. The predicted octanol–water partition coefficient (Wildman–Crippen LogP) is 1.46. The summed E-state index contributed by atoms with van der Waals surface area (Å²) >= 11 is 5.55. The highest BCUT2D eigenvalue weighted by Crippen LogP contribution is 2.22. The molecule has 1 aromatic rings. The van der Waals surface area contributed by atoms with E-state index >= 15 is 0 Å². The number of anilines is 1. The number of ketones is 1. The summed E-state index contributed by atoms with van der Waals surface area (Å²) in [5.41, 5.74) is 0.246. The number of hydrogen-bond donors (Lipinski definition) is 1. The zero-order valence-corrected chi connectivity index (χ0v) is 9.06. The Morgan fingerprint density at radius 3 is 2.31 bits per heavy atom. The van der Waals surface area contributed by atoms with Crippen LogP contribution in [0, 0.1) is 0 Å². The van der Waals surface area contributed by atoms with Gasteiger partial charge in [-0.2, -0.15) is 0 Å². The molecule has 0 spiro atoms. The number of carbonyl (C=O) groups is 3. The van der Waals surface area contributed by atoms with Crippen LogP contribution in [0.15, 0.2) is 24.3 Å². The van der Waals surface area contributed by atoms with Crippen molar-refractivity contribution < 1.29 is 19.5 Å². The zero-order valence-electron chi connectivity index (χ0n) is 8.31. The molecule has 84 valence electrons. The second kappa shape index (κ2) is 4.76. The predicted molar refractivity (Wildman–Crippen MR) is 57.4 cm³/mol. The van der Waals surface area contributed by atoms with Gasteiger partial charge in [-0.3, -0.25) is 9.59 Å². The molecule has 6 heteroatoms. The van der Waals surface area contributed by atoms with Crippen molar-refractivity contribution in [3.63, 3.8) is 0 Å². The number of carbonyl (C=O) groups excluding carboxylic acids is 2. The summed E-state index contributed by atoms with van der Waals surface area (Å²) in [6, 6.07) is 6.00. The van der Waals surface area contributed by atoms with Gasteiger partial charge in [0.1, 0.15) is 0 Å². The number of hydrogen-bond acceptors (Lipinski definition) is 3. The third kappa shape index (κ3) is 2.38. The van der Waals surface area contributed by atoms with Crippen LogP contribution >= 0.6 is 11.8 Å². The van der Waals surface area contributed by atoms with Crippen LogP contribution in [0.5, 0.6) is 0 Å². The van der Waals surface area contributed by atoms with Crippen molar-refractivity contribution in [1.82, 2.24) is 0 Å². The van der Waals surface area contributed by atoms with Crippen LogP contribution in [0.3, 0.4) is 0 Å². The maximum Gasteiger partial charge on any atom is 0.396 e. The number of Topliss-reactive ketones (excluding diaryl/α,β-unsaturated/α-hetero) is 1. The minimum absolute atomic E-state index is 0.0593. The topological polar surface area (TPSA) is 74.7 Å². The first-order valence-corrected chi connectivity index (χ1v) is 4.62. The summed E-state index contributed by atoms with van der Waals surface area (Å²) in [5.74, 6) is -3.30. The normalized spacial score (nSPS) is 9.62. The fourth-order valence-corrected chi connectivity index (χ4v) is 1.36. The molecule has 0 radical (unpaired) electrons. The summed E-state index contributed by atoms with van der Waals surface area (Å²) in [4.78, 5) is 32.8. The van der Waals surface area contributed by atoms with E-state index in [4.69, 9.17) is 16.9 Å². The first-order valence-electron chi connectivity index (χ1n) is 4.28. The monoisotopic (exact) mass is 241 g/mol. The van der Waals surface area contributed by atoms with Gasteiger partial charge in [-0.25, -0.2) is 9.21 Å². The molecule has 1 N–H and O–H groups in total. The molecule has 5 nitrogen and oxygen atoms in total. The summed E-state index contributed by atoms with van der Waals surface area (Å²) in [6.45, 7) is 1.30. The number of nitrogens with zero attached hydrogens (tertiary/aromatic N) is 1. The zero-order chi connectivity index (χ0) is 12.3. The van der Waals surface area contributed by atoms with E-state index in [1.54, 1.807) is 12.1 Å². The van der Waals surface area contributed by atoms with E-state index in [0.29, 0.717) is 4.42 Å². The summed E-state index contributed by atoms with van der Waals surface area (Å²) in [7, 11) is 0.